The molecule has 17 heavy (non-hydrogen) atoms. The van der Waals surface area contributed by atoms with Gasteiger partial charge in [-0.2, -0.15) is 0 Å². The Labute approximate surface area is 103 Å². The van der Waals surface area contributed by atoms with Crippen molar-refractivity contribution in [2.45, 2.75) is 0 Å². The van der Waals surface area contributed by atoms with E-state index in [0.717, 1.165) is 10.1 Å². The second kappa shape index (κ2) is 4.80. The molecule has 0 aliphatic carbocycles. The first kappa shape index (κ1) is 11.3. The van der Waals surface area contributed by atoms with Gasteiger partial charge in [-0.3, -0.25) is 4.79 Å². The molecular weight excluding hydrogens is 240 g/mol. The highest BCUT2D eigenvalue weighted by molar-refractivity contribution is 6.32. The lowest BCUT2D eigenvalue weighted by molar-refractivity contribution is 0.0972. The van der Waals surface area contributed by atoms with E-state index < -0.39 is 0 Å². The van der Waals surface area contributed by atoms with Crippen LogP contribution in [0.15, 0.2) is 36.7 Å². The molecule has 0 spiro atoms. The summed E-state index contributed by atoms with van der Waals surface area (Å²) in [6, 6.07) is 7.21. The summed E-state index contributed by atoms with van der Waals surface area (Å²) >= 11 is 5.95. The molecule has 0 radical (unpaired) electrons. The Morgan fingerprint density at radius 3 is 2.82 bits per heavy atom. The van der Waals surface area contributed by atoms with Gasteiger partial charge in [0.25, 0.3) is 5.91 Å². The molecule has 2 rings (SSSR count). The van der Waals surface area contributed by atoms with E-state index in [1.807, 2.05) is 18.2 Å². The Morgan fingerprint density at radius 1 is 1.41 bits per heavy atom. The first-order valence-corrected chi connectivity index (χ1v) is 5.18. The maximum atomic E-state index is 11.7. The number of allylic oxidation sites excluding steroid dienone is 1. The van der Waals surface area contributed by atoms with Crippen molar-refractivity contribution in [2.75, 3.05) is 5.73 Å². The van der Waals surface area contributed by atoms with Gasteiger partial charge >= 0.3 is 0 Å². The fourth-order valence-corrected chi connectivity index (χ4v) is 1.46. The minimum Gasteiger partial charge on any atom is -0.368 e. The summed E-state index contributed by atoms with van der Waals surface area (Å²) in [6.45, 7) is 0. The fourth-order valence-electron chi connectivity index (χ4n) is 1.27. The average Bonchev–Trinajstić information content (AvgIpc) is 2.74. The summed E-state index contributed by atoms with van der Waals surface area (Å²) in [5.74, 6) is -0.272. The Morgan fingerprint density at radius 2 is 2.18 bits per heavy atom. The minimum atomic E-state index is -0.326. The van der Waals surface area contributed by atoms with Gasteiger partial charge < -0.3 is 5.73 Å². The highest BCUT2D eigenvalue weighted by Gasteiger charge is 2.05. The molecule has 2 aromatic rings. The van der Waals surface area contributed by atoms with Gasteiger partial charge in [0.15, 0.2) is 0 Å². The highest BCUT2D eigenvalue weighted by atomic mass is 35.5. The van der Waals surface area contributed by atoms with Crippen molar-refractivity contribution >= 4 is 29.5 Å². The standard InChI is InChI=1S/C11H9ClN4O/c12-9-4-2-1-3-8(9)5-6-10(17)16-7-14-15-11(16)13/h1-7H,(H2,13,15). The molecule has 0 unspecified atom stereocenters. The van der Waals surface area contributed by atoms with E-state index in [0.29, 0.717) is 5.02 Å². The van der Waals surface area contributed by atoms with Crippen LogP contribution in [0.2, 0.25) is 5.02 Å². The van der Waals surface area contributed by atoms with E-state index in [4.69, 9.17) is 17.3 Å². The Kier molecular flexibility index (Phi) is 3.20. The molecule has 0 aliphatic heterocycles. The van der Waals surface area contributed by atoms with Crippen LogP contribution < -0.4 is 5.73 Å². The van der Waals surface area contributed by atoms with Crippen LogP contribution in [0.25, 0.3) is 6.08 Å². The molecule has 0 saturated carbocycles. The van der Waals surface area contributed by atoms with E-state index in [1.165, 1.54) is 12.4 Å². The number of aromatic nitrogens is 3. The molecule has 0 aliphatic rings. The number of anilines is 1. The summed E-state index contributed by atoms with van der Waals surface area (Å²) in [7, 11) is 0. The molecule has 1 heterocycles. The summed E-state index contributed by atoms with van der Waals surface area (Å²) < 4.78 is 1.15. The van der Waals surface area contributed by atoms with E-state index in [-0.39, 0.29) is 11.9 Å². The monoisotopic (exact) mass is 248 g/mol. The van der Waals surface area contributed by atoms with Crippen LogP contribution in [-0.2, 0) is 0 Å². The molecule has 5 nitrogen and oxygen atoms in total. The number of carbonyl (C=O) groups is 1. The Balaban J connectivity index is 2.20. The number of benzene rings is 1. The van der Waals surface area contributed by atoms with Gasteiger partial charge in [-0.05, 0) is 17.7 Å². The molecular formula is C11H9ClN4O. The second-order valence-electron chi connectivity index (χ2n) is 3.25. The summed E-state index contributed by atoms with van der Waals surface area (Å²) in [5, 5.41) is 7.62. The summed E-state index contributed by atoms with van der Waals surface area (Å²) in [5.41, 5.74) is 6.21. The van der Waals surface area contributed by atoms with Gasteiger partial charge in [0.05, 0.1) is 0 Å². The van der Waals surface area contributed by atoms with Crippen LogP contribution in [0.5, 0.6) is 0 Å². The summed E-state index contributed by atoms with van der Waals surface area (Å²) in [4.78, 5) is 11.7. The third kappa shape index (κ3) is 2.51. The largest absolute Gasteiger partial charge is 0.368 e. The molecule has 0 fully saturated rings. The average molecular weight is 249 g/mol. The van der Waals surface area contributed by atoms with Gasteiger partial charge in [-0.15, -0.1) is 10.2 Å². The zero-order valence-corrected chi connectivity index (χ0v) is 9.50. The fraction of sp³-hybridized carbons (Fsp3) is 0. The van der Waals surface area contributed by atoms with Crippen molar-refractivity contribution in [3.63, 3.8) is 0 Å². The van der Waals surface area contributed by atoms with Crippen molar-refractivity contribution < 1.29 is 4.79 Å². The van der Waals surface area contributed by atoms with Crippen molar-refractivity contribution in [2.24, 2.45) is 0 Å². The van der Waals surface area contributed by atoms with Crippen molar-refractivity contribution in [1.82, 2.24) is 14.8 Å². The number of nitrogens with zero attached hydrogens (tertiary/aromatic N) is 3. The van der Waals surface area contributed by atoms with Crippen LogP contribution in [0.3, 0.4) is 0 Å². The first-order valence-electron chi connectivity index (χ1n) is 4.81. The molecule has 1 aromatic carbocycles. The Hall–Kier alpha value is -2.14. The van der Waals surface area contributed by atoms with Gasteiger partial charge in [-0.1, -0.05) is 29.8 Å². The number of nitrogen functional groups attached to an aromatic ring is 1. The van der Waals surface area contributed by atoms with Gasteiger partial charge in [0.1, 0.15) is 6.33 Å². The molecule has 86 valence electrons. The van der Waals surface area contributed by atoms with Gasteiger partial charge in [-0.25, -0.2) is 4.57 Å². The number of halogens is 1. The third-order valence-electron chi connectivity index (χ3n) is 2.12. The lowest BCUT2D eigenvalue weighted by Crippen LogP contribution is -2.09. The van der Waals surface area contributed by atoms with Crippen molar-refractivity contribution in [3.8, 4) is 0 Å². The molecule has 0 amide bonds. The molecule has 1 aromatic heterocycles. The van der Waals surface area contributed by atoms with E-state index in [9.17, 15) is 4.79 Å². The molecule has 0 bridgehead atoms. The zero-order valence-electron chi connectivity index (χ0n) is 8.75. The summed E-state index contributed by atoms with van der Waals surface area (Å²) in [6.07, 6.45) is 4.24. The maximum absolute atomic E-state index is 11.7. The lowest BCUT2D eigenvalue weighted by atomic mass is 10.2. The van der Waals surface area contributed by atoms with E-state index >= 15 is 0 Å². The van der Waals surface area contributed by atoms with E-state index in [2.05, 4.69) is 10.2 Å². The van der Waals surface area contributed by atoms with Crippen LogP contribution in [0, 0.1) is 0 Å². The number of rotatable bonds is 2. The second-order valence-corrected chi connectivity index (χ2v) is 3.66. The van der Waals surface area contributed by atoms with Crippen LogP contribution in [-0.4, -0.2) is 20.7 Å². The normalized spacial score (nSPS) is 10.9. The highest BCUT2D eigenvalue weighted by Crippen LogP contribution is 2.16. The predicted molar refractivity (Wildman–Crippen MR) is 65.5 cm³/mol. The van der Waals surface area contributed by atoms with Crippen molar-refractivity contribution in [3.05, 3.63) is 47.3 Å². The lowest BCUT2D eigenvalue weighted by Gasteiger charge is -1.98. The molecule has 0 saturated heterocycles. The van der Waals surface area contributed by atoms with Crippen molar-refractivity contribution in [1.29, 1.82) is 0 Å². The minimum absolute atomic E-state index is 0.0545. The number of hydrogen-bond acceptors (Lipinski definition) is 4. The SMILES string of the molecule is Nc1nncn1C(=O)C=Cc1ccccc1Cl. The topological polar surface area (TPSA) is 73.8 Å². The number of hydrogen-bond donors (Lipinski definition) is 1. The van der Waals surface area contributed by atoms with E-state index in [1.54, 1.807) is 12.1 Å². The third-order valence-corrected chi connectivity index (χ3v) is 2.47. The predicted octanol–water partition coefficient (Wildman–Crippen LogP) is 1.87. The Bertz CT molecular complexity index is 576. The zero-order chi connectivity index (χ0) is 12.3. The first-order chi connectivity index (χ1) is 8.18. The van der Waals surface area contributed by atoms with Gasteiger partial charge in [0.2, 0.25) is 5.95 Å². The van der Waals surface area contributed by atoms with Gasteiger partial charge in [0, 0.05) is 11.1 Å². The van der Waals surface area contributed by atoms with Crippen LogP contribution in [0.1, 0.15) is 10.4 Å². The number of carbonyl (C=O) groups excluding carboxylic acids is 1. The maximum Gasteiger partial charge on any atom is 0.258 e. The quantitative estimate of drug-likeness (QED) is 0.824. The number of nitrogens with two attached hydrogens (primary N) is 1. The van der Waals surface area contributed by atoms with Crippen LogP contribution >= 0.6 is 11.6 Å². The van der Waals surface area contributed by atoms with Crippen LogP contribution in [0.4, 0.5) is 5.95 Å². The molecule has 2 N–H and O–H groups in total. The molecule has 6 heteroatoms. The molecule has 0 atom stereocenters. The smallest absolute Gasteiger partial charge is 0.258 e.